The number of amides is 1. The Hall–Kier alpha value is -0.570. The minimum atomic E-state index is 0.403. The lowest BCUT2D eigenvalue weighted by molar-refractivity contribution is -0.132. The summed E-state index contributed by atoms with van der Waals surface area (Å²) < 4.78 is 0. The van der Waals surface area contributed by atoms with Gasteiger partial charge in [0, 0.05) is 32.1 Å². The first-order valence-electron chi connectivity index (χ1n) is 7.28. The summed E-state index contributed by atoms with van der Waals surface area (Å²) in [4.78, 5) is 14.4. The standard InChI is InChI=1S/C14H26N2O/c1-3-5-6-7-14(17)16-10-11-8-15-9-12(11)13(16)4-2/h11-13,15H,3-10H2,1-2H3. The molecule has 2 aliphatic rings. The number of carbonyl (C=O) groups is 1. The molecule has 17 heavy (non-hydrogen) atoms. The number of fused-ring (bicyclic) bond motifs is 1. The summed E-state index contributed by atoms with van der Waals surface area (Å²) >= 11 is 0. The molecule has 2 fully saturated rings. The normalized spacial score (nSPS) is 31.9. The van der Waals surface area contributed by atoms with Gasteiger partial charge >= 0.3 is 0 Å². The van der Waals surface area contributed by atoms with E-state index in [2.05, 4.69) is 24.1 Å². The van der Waals surface area contributed by atoms with E-state index in [1.165, 1.54) is 12.8 Å². The SMILES string of the molecule is CCCCCC(=O)N1CC2CNCC2C1CC. The Kier molecular flexibility index (Phi) is 4.43. The predicted octanol–water partition coefficient (Wildman–Crippen LogP) is 2.02. The van der Waals surface area contributed by atoms with E-state index in [9.17, 15) is 4.79 Å². The van der Waals surface area contributed by atoms with Gasteiger partial charge in [-0.2, -0.15) is 0 Å². The van der Waals surface area contributed by atoms with E-state index >= 15 is 0 Å². The third kappa shape index (κ3) is 2.65. The Morgan fingerprint density at radius 2 is 2.12 bits per heavy atom. The third-order valence-corrected chi connectivity index (χ3v) is 4.45. The molecule has 0 aromatic carbocycles. The summed E-state index contributed by atoms with van der Waals surface area (Å²) in [5.41, 5.74) is 0. The molecule has 3 nitrogen and oxygen atoms in total. The molecular formula is C14H26N2O. The highest BCUT2D eigenvalue weighted by Gasteiger charge is 2.44. The van der Waals surface area contributed by atoms with Gasteiger partial charge in [-0.1, -0.05) is 26.7 Å². The molecule has 0 aromatic rings. The molecule has 0 spiro atoms. The second-order valence-electron chi connectivity index (χ2n) is 5.56. The van der Waals surface area contributed by atoms with E-state index in [4.69, 9.17) is 0 Å². The van der Waals surface area contributed by atoms with Gasteiger partial charge in [0.05, 0.1) is 0 Å². The molecule has 0 aliphatic carbocycles. The molecular weight excluding hydrogens is 212 g/mol. The molecule has 1 N–H and O–H groups in total. The van der Waals surface area contributed by atoms with E-state index in [0.717, 1.165) is 50.7 Å². The highest BCUT2D eigenvalue weighted by atomic mass is 16.2. The molecule has 3 unspecified atom stereocenters. The molecule has 2 aliphatic heterocycles. The first-order chi connectivity index (χ1) is 8.27. The molecule has 0 saturated carbocycles. The van der Waals surface area contributed by atoms with Crippen LogP contribution in [0.2, 0.25) is 0 Å². The van der Waals surface area contributed by atoms with Gasteiger partial charge < -0.3 is 10.2 Å². The average Bonchev–Trinajstić information content (AvgIpc) is 2.88. The smallest absolute Gasteiger partial charge is 0.222 e. The van der Waals surface area contributed by atoms with Crippen LogP contribution in [0, 0.1) is 11.8 Å². The third-order valence-electron chi connectivity index (χ3n) is 4.45. The van der Waals surface area contributed by atoms with Crippen molar-refractivity contribution in [1.29, 1.82) is 0 Å². The van der Waals surface area contributed by atoms with Crippen molar-refractivity contribution in [3.63, 3.8) is 0 Å². The van der Waals surface area contributed by atoms with E-state index in [-0.39, 0.29) is 0 Å². The summed E-state index contributed by atoms with van der Waals surface area (Å²) in [5.74, 6) is 1.84. The molecule has 98 valence electrons. The molecule has 3 heteroatoms. The number of likely N-dealkylation sites (tertiary alicyclic amines) is 1. The summed E-state index contributed by atoms with van der Waals surface area (Å²) in [5, 5.41) is 3.46. The summed E-state index contributed by atoms with van der Waals surface area (Å²) in [7, 11) is 0. The number of hydrogen-bond donors (Lipinski definition) is 1. The van der Waals surface area contributed by atoms with Crippen LogP contribution in [-0.4, -0.2) is 36.5 Å². The number of nitrogens with one attached hydrogen (secondary N) is 1. The van der Waals surface area contributed by atoms with Gasteiger partial charge in [0.2, 0.25) is 5.91 Å². The van der Waals surface area contributed by atoms with Crippen LogP contribution in [0.3, 0.4) is 0 Å². The molecule has 0 radical (unpaired) electrons. The highest BCUT2D eigenvalue weighted by Crippen LogP contribution is 2.34. The summed E-state index contributed by atoms with van der Waals surface area (Å²) in [6.07, 6.45) is 5.32. The van der Waals surface area contributed by atoms with Crippen molar-refractivity contribution >= 4 is 5.91 Å². The Morgan fingerprint density at radius 3 is 2.82 bits per heavy atom. The van der Waals surface area contributed by atoms with Crippen LogP contribution in [-0.2, 0) is 4.79 Å². The summed E-state index contributed by atoms with van der Waals surface area (Å²) in [6, 6.07) is 0.504. The number of nitrogens with zero attached hydrogens (tertiary/aromatic N) is 1. The van der Waals surface area contributed by atoms with Crippen LogP contribution >= 0.6 is 0 Å². The molecule has 0 bridgehead atoms. The lowest BCUT2D eigenvalue weighted by atomic mass is 9.93. The quantitative estimate of drug-likeness (QED) is 0.743. The molecule has 2 saturated heterocycles. The zero-order chi connectivity index (χ0) is 12.3. The molecule has 0 aromatic heterocycles. The van der Waals surface area contributed by atoms with Gasteiger partial charge in [-0.05, 0) is 24.7 Å². The Bertz CT molecular complexity index is 267. The van der Waals surface area contributed by atoms with E-state index < -0.39 is 0 Å². The van der Waals surface area contributed by atoms with E-state index in [1.54, 1.807) is 0 Å². The van der Waals surface area contributed by atoms with Gasteiger partial charge in [0.25, 0.3) is 0 Å². The summed E-state index contributed by atoms with van der Waals surface area (Å²) in [6.45, 7) is 7.63. The topological polar surface area (TPSA) is 32.3 Å². The predicted molar refractivity (Wildman–Crippen MR) is 69.8 cm³/mol. The van der Waals surface area contributed by atoms with Gasteiger partial charge in [-0.3, -0.25) is 4.79 Å². The van der Waals surface area contributed by atoms with Gasteiger partial charge in [0.15, 0.2) is 0 Å². The van der Waals surface area contributed by atoms with Crippen LogP contribution < -0.4 is 5.32 Å². The van der Waals surface area contributed by atoms with Crippen molar-refractivity contribution in [2.24, 2.45) is 11.8 Å². The fraction of sp³-hybridized carbons (Fsp3) is 0.929. The van der Waals surface area contributed by atoms with Crippen molar-refractivity contribution in [3.8, 4) is 0 Å². The lowest BCUT2D eigenvalue weighted by Gasteiger charge is -2.27. The average molecular weight is 238 g/mol. The van der Waals surface area contributed by atoms with E-state index in [1.807, 2.05) is 0 Å². The maximum atomic E-state index is 12.2. The molecule has 2 rings (SSSR count). The number of unbranched alkanes of at least 4 members (excludes halogenated alkanes) is 2. The number of hydrogen-bond acceptors (Lipinski definition) is 2. The Labute approximate surface area is 105 Å². The zero-order valence-corrected chi connectivity index (χ0v) is 11.2. The lowest BCUT2D eigenvalue weighted by Crippen LogP contribution is -2.39. The first kappa shape index (κ1) is 12.9. The Balaban J connectivity index is 1.89. The Morgan fingerprint density at radius 1 is 1.29 bits per heavy atom. The largest absolute Gasteiger partial charge is 0.339 e. The van der Waals surface area contributed by atoms with Crippen molar-refractivity contribution in [1.82, 2.24) is 10.2 Å². The van der Waals surface area contributed by atoms with Crippen LogP contribution in [0.15, 0.2) is 0 Å². The van der Waals surface area contributed by atoms with Crippen molar-refractivity contribution < 1.29 is 4.79 Å². The number of carbonyl (C=O) groups excluding carboxylic acids is 1. The molecule has 2 heterocycles. The molecule has 1 amide bonds. The van der Waals surface area contributed by atoms with Gasteiger partial charge in [-0.15, -0.1) is 0 Å². The minimum absolute atomic E-state index is 0.403. The van der Waals surface area contributed by atoms with Crippen molar-refractivity contribution in [3.05, 3.63) is 0 Å². The maximum Gasteiger partial charge on any atom is 0.222 e. The van der Waals surface area contributed by atoms with E-state index in [0.29, 0.717) is 11.9 Å². The van der Waals surface area contributed by atoms with Crippen LogP contribution in [0.1, 0.15) is 46.0 Å². The van der Waals surface area contributed by atoms with Crippen molar-refractivity contribution in [2.45, 2.75) is 52.0 Å². The van der Waals surface area contributed by atoms with Crippen molar-refractivity contribution in [2.75, 3.05) is 19.6 Å². The fourth-order valence-electron chi connectivity index (χ4n) is 3.50. The number of rotatable bonds is 5. The minimum Gasteiger partial charge on any atom is -0.339 e. The van der Waals surface area contributed by atoms with Crippen LogP contribution in [0.25, 0.3) is 0 Å². The molecule has 3 atom stereocenters. The van der Waals surface area contributed by atoms with Gasteiger partial charge in [-0.25, -0.2) is 0 Å². The first-order valence-corrected chi connectivity index (χ1v) is 7.28. The van der Waals surface area contributed by atoms with Crippen LogP contribution in [0.5, 0.6) is 0 Å². The van der Waals surface area contributed by atoms with Crippen LogP contribution in [0.4, 0.5) is 0 Å². The van der Waals surface area contributed by atoms with Gasteiger partial charge in [0.1, 0.15) is 0 Å². The zero-order valence-electron chi connectivity index (χ0n) is 11.2. The fourth-order valence-corrected chi connectivity index (χ4v) is 3.50. The maximum absolute atomic E-state index is 12.2. The second kappa shape index (κ2) is 5.85. The second-order valence-corrected chi connectivity index (χ2v) is 5.56. The highest BCUT2D eigenvalue weighted by molar-refractivity contribution is 5.77. The monoisotopic (exact) mass is 238 g/mol.